The zero-order chi connectivity index (χ0) is 11.5. The molecule has 0 fully saturated rings. The quantitative estimate of drug-likeness (QED) is 0.786. The summed E-state index contributed by atoms with van der Waals surface area (Å²) in [5.74, 6) is 0.350. The van der Waals surface area contributed by atoms with Gasteiger partial charge in [-0.3, -0.25) is 4.79 Å². The standard InChI is InChI=1S/C11H12N4O/c1-7(16)13-10-5-3-8-2-4-9(6-12)14-11(8)15-10/h2-5H,6,12H2,1H3,(H,13,14,15,16). The summed E-state index contributed by atoms with van der Waals surface area (Å²) in [4.78, 5) is 19.4. The van der Waals surface area contributed by atoms with Crippen LogP contribution in [0.2, 0.25) is 0 Å². The molecule has 0 radical (unpaired) electrons. The van der Waals surface area contributed by atoms with E-state index in [4.69, 9.17) is 5.73 Å². The van der Waals surface area contributed by atoms with Gasteiger partial charge in [-0.1, -0.05) is 0 Å². The van der Waals surface area contributed by atoms with Crippen molar-refractivity contribution >= 4 is 22.8 Å². The minimum absolute atomic E-state index is 0.151. The van der Waals surface area contributed by atoms with Crippen LogP contribution in [-0.4, -0.2) is 15.9 Å². The van der Waals surface area contributed by atoms with Gasteiger partial charge in [0.05, 0.1) is 5.69 Å². The van der Waals surface area contributed by atoms with Gasteiger partial charge in [0.2, 0.25) is 5.91 Å². The van der Waals surface area contributed by atoms with Crippen LogP contribution in [0.25, 0.3) is 11.0 Å². The largest absolute Gasteiger partial charge is 0.325 e. The van der Waals surface area contributed by atoms with E-state index in [9.17, 15) is 4.79 Å². The van der Waals surface area contributed by atoms with Crippen LogP contribution in [0.15, 0.2) is 24.3 Å². The number of nitrogens with two attached hydrogens (primary N) is 1. The van der Waals surface area contributed by atoms with Crippen LogP contribution in [0.5, 0.6) is 0 Å². The van der Waals surface area contributed by atoms with Crippen molar-refractivity contribution in [3.05, 3.63) is 30.0 Å². The summed E-state index contributed by atoms with van der Waals surface area (Å²) in [7, 11) is 0. The van der Waals surface area contributed by atoms with Crippen molar-refractivity contribution in [2.45, 2.75) is 13.5 Å². The lowest BCUT2D eigenvalue weighted by Gasteiger charge is -2.03. The summed E-state index contributed by atoms with van der Waals surface area (Å²) < 4.78 is 0. The first-order valence-electron chi connectivity index (χ1n) is 4.93. The third-order valence-corrected chi connectivity index (χ3v) is 2.12. The van der Waals surface area contributed by atoms with Gasteiger partial charge in [-0.15, -0.1) is 0 Å². The second-order valence-electron chi connectivity index (χ2n) is 3.43. The van der Waals surface area contributed by atoms with Gasteiger partial charge in [0, 0.05) is 18.9 Å². The molecule has 0 aromatic carbocycles. The van der Waals surface area contributed by atoms with Crippen LogP contribution in [0, 0.1) is 0 Å². The fourth-order valence-corrected chi connectivity index (χ4v) is 1.40. The van der Waals surface area contributed by atoms with E-state index >= 15 is 0 Å². The molecular formula is C11H12N4O. The highest BCUT2D eigenvalue weighted by Crippen LogP contribution is 2.13. The Balaban J connectivity index is 2.46. The number of hydrogen-bond acceptors (Lipinski definition) is 4. The van der Waals surface area contributed by atoms with Crippen molar-refractivity contribution in [1.82, 2.24) is 9.97 Å². The maximum absolute atomic E-state index is 10.9. The van der Waals surface area contributed by atoms with Gasteiger partial charge in [-0.05, 0) is 24.3 Å². The third-order valence-electron chi connectivity index (χ3n) is 2.12. The van der Waals surface area contributed by atoms with Gasteiger partial charge in [-0.2, -0.15) is 0 Å². The van der Waals surface area contributed by atoms with E-state index in [2.05, 4.69) is 15.3 Å². The van der Waals surface area contributed by atoms with Crippen LogP contribution < -0.4 is 11.1 Å². The SMILES string of the molecule is CC(=O)Nc1ccc2ccc(CN)nc2n1. The van der Waals surface area contributed by atoms with Crippen molar-refractivity contribution in [2.75, 3.05) is 5.32 Å². The van der Waals surface area contributed by atoms with Crippen LogP contribution in [0.3, 0.4) is 0 Å². The van der Waals surface area contributed by atoms with Crippen molar-refractivity contribution in [3.8, 4) is 0 Å². The number of hydrogen-bond donors (Lipinski definition) is 2. The summed E-state index contributed by atoms with van der Waals surface area (Å²) in [6.07, 6.45) is 0. The first kappa shape index (κ1) is 10.5. The van der Waals surface area contributed by atoms with E-state index in [1.54, 1.807) is 6.07 Å². The first-order chi connectivity index (χ1) is 7.69. The van der Waals surface area contributed by atoms with Gasteiger partial charge in [-0.25, -0.2) is 9.97 Å². The summed E-state index contributed by atoms with van der Waals surface area (Å²) in [6, 6.07) is 7.38. The Morgan fingerprint density at radius 3 is 2.75 bits per heavy atom. The van der Waals surface area contributed by atoms with Crippen molar-refractivity contribution in [1.29, 1.82) is 0 Å². The second-order valence-corrected chi connectivity index (χ2v) is 3.43. The maximum atomic E-state index is 10.9. The highest BCUT2D eigenvalue weighted by molar-refractivity contribution is 5.89. The molecule has 3 N–H and O–H groups in total. The van der Waals surface area contributed by atoms with Crippen LogP contribution >= 0.6 is 0 Å². The minimum Gasteiger partial charge on any atom is -0.325 e. The summed E-state index contributed by atoms with van der Waals surface area (Å²) in [6.45, 7) is 1.82. The summed E-state index contributed by atoms with van der Waals surface area (Å²) in [5.41, 5.74) is 6.87. The molecule has 0 atom stereocenters. The van der Waals surface area contributed by atoms with E-state index in [0.717, 1.165) is 11.1 Å². The molecule has 5 nitrogen and oxygen atoms in total. The van der Waals surface area contributed by atoms with Gasteiger partial charge in [0.15, 0.2) is 5.65 Å². The number of carbonyl (C=O) groups excluding carboxylic acids is 1. The fraction of sp³-hybridized carbons (Fsp3) is 0.182. The molecule has 16 heavy (non-hydrogen) atoms. The number of nitrogens with zero attached hydrogens (tertiary/aromatic N) is 2. The number of amides is 1. The Morgan fingerprint density at radius 2 is 2.06 bits per heavy atom. The number of pyridine rings is 2. The van der Waals surface area contributed by atoms with Gasteiger partial charge < -0.3 is 11.1 Å². The Hall–Kier alpha value is -2.01. The lowest BCUT2D eigenvalue weighted by atomic mass is 10.2. The molecular weight excluding hydrogens is 204 g/mol. The molecule has 0 bridgehead atoms. The molecule has 2 heterocycles. The topological polar surface area (TPSA) is 80.9 Å². The first-order valence-corrected chi connectivity index (χ1v) is 4.93. The molecule has 0 saturated heterocycles. The Kier molecular flexibility index (Phi) is 2.78. The average molecular weight is 216 g/mol. The molecule has 82 valence electrons. The zero-order valence-corrected chi connectivity index (χ0v) is 8.90. The highest BCUT2D eigenvalue weighted by atomic mass is 16.1. The smallest absolute Gasteiger partial charge is 0.222 e. The van der Waals surface area contributed by atoms with Crippen molar-refractivity contribution in [3.63, 3.8) is 0 Å². The molecule has 2 aromatic heterocycles. The van der Waals surface area contributed by atoms with Crippen LogP contribution in [-0.2, 0) is 11.3 Å². The highest BCUT2D eigenvalue weighted by Gasteiger charge is 2.01. The van der Waals surface area contributed by atoms with E-state index < -0.39 is 0 Å². The average Bonchev–Trinajstić information content (AvgIpc) is 2.27. The normalized spacial score (nSPS) is 10.4. The molecule has 0 aliphatic rings. The Morgan fingerprint density at radius 1 is 1.31 bits per heavy atom. The van der Waals surface area contributed by atoms with Crippen LogP contribution in [0.1, 0.15) is 12.6 Å². The monoisotopic (exact) mass is 216 g/mol. The predicted octanol–water partition coefficient (Wildman–Crippen LogP) is 1.05. The minimum atomic E-state index is -0.151. The molecule has 0 aliphatic heterocycles. The summed E-state index contributed by atoms with van der Waals surface area (Å²) in [5, 5.41) is 3.54. The molecule has 1 amide bonds. The third kappa shape index (κ3) is 2.14. The van der Waals surface area contributed by atoms with E-state index in [0.29, 0.717) is 18.0 Å². The van der Waals surface area contributed by atoms with Gasteiger partial charge in [0.25, 0.3) is 0 Å². The van der Waals surface area contributed by atoms with E-state index in [1.807, 2.05) is 18.2 Å². The maximum Gasteiger partial charge on any atom is 0.222 e. The van der Waals surface area contributed by atoms with Crippen molar-refractivity contribution < 1.29 is 4.79 Å². The van der Waals surface area contributed by atoms with Crippen molar-refractivity contribution in [2.24, 2.45) is 5.73 Å². The fourth-order valence-electron chi connectivity index (χ4n) is 1.40. The Bertz CT molecular complexity index is 538. The lowest BCUT2D eigenvalue weighted by Crippen LogP contribution is -2.07. The van der Waals surface area contributed by atoms with Gasteiger partial charge in [0.1, 0.15) is 5.82 Å². The zero-order valence-electron chi connectivity index (χ0n) is 8.90. The van der Waals surface area contributed by atoms with Gasteiger partial charge >= 0.3 is 0 Å². The molecule has 0 saturated carbocycles. The molecule has 5 heteroatoms. The number of rotatable bonds is 2. The molecule has 2 rings (SSSR count). The molecule has 0 spiro atoms. The Labute approximate surface area is 92.7 Å². The number of fused-ring (bicyclic) bond motifs is 1. The van der Waals surface area contributed by atoms with Crippen LogP contribution in [0.4, 0.5) is 5.82 Å². The predicted molar refractivity (Wildman–Crippen MR) is 61.7 cm³/mol. The second kappa shape index (κ2) is 4.24. The van der Waals surface area contributed by atoms with E-state index in [1.165, 1.54) is 6.92 Å². The molecule has 0 unspecified atom stereocenters. The number of nitrogens with one attached hydrogen (secondary N) is 1. The number of carbonyl (C=O) groups is 1. The number of anilines is 1. The molecule has 2 aromatic rings. The number of aromatic nitrogens is 2. The molecule has 0 aliphatic carbocycles. The van der Waals surface area contributed by atoms with E-state index in [-0.39, 0.29) is 5.91 Å². The summed E-state index contributed by atoms with van der Waals surface area (Å²) >= 11 is 0. The lowest BCUT2D eigenvalue weighted by molar-refractivity contribution is -0.114.